The standard InChI is InChI=1S/C16H23N3O/c1-11-8-14(6-7-15(11)18-17)16(20)19(9-12-2-3-12)10-13-4-5-13/h6-8,12-13,18H,2-5,9-10,17H2,1H3. The molecule has 108 valence electrons. The van der Waals surface area contributed by atoms with Crippen LogP contribution in [0.3, 0.4) is 0 Å². The Hall–Kier alpha value is -1.55. The van der Waals surface area contributed by atoms with Crippen molar-refractivity contribution < 1.29 is 4.79 Å². The average molecular weight is 273 g/mol. The molecule has 0 unspecified atom stereocenters. The van der Waals surface area contributed by atoms with E-state index >= 15 is 0 Å². The van der Waals surface area contributed by atoms with E-state index in [-0.39, 0.29) is 5.91 Å². The normalized spacial score (nSPS) is 17.9. The third kappa shape index (κ3) is 3.12. The van der Waals surface area contributed by atoms with Crippen LogP contribution >= 0.6 is 0 Å². The number of rotatable bonds is 6. The van der Waals surface area contributed by atoms with Crippen LogP contribution in [0.5, 0.6) is 0 Å². The van der Waals surface area contributed by atoms with Crippen molar-refractivity contribution in [1.29, 1.82) is 0 Å². The predicted octanol–water partition coefficient (Wildman–Crippen LogP) is 2.54. The molecule has 1 aromatic rings. The molecule has 3 rings (SSSR count). The first-order chi connectivity index (χ1) is 9.67. The van der Waals surface area contributed by atoms with Gasteiger partial charge in [0.15, 0.2) is 0 Å². The molecule has 0 saturated heterocycles. The van der Waals surface area contributed by atoms with Crippen LogP contribution in [0.25, 0.3) is 0 Å². The minimum Gasteiger partial charge on any atom is -0.338 e. The lowest BCUT2D eigenvalue weighted by Gasteiger charge is -2.23. The van der Waals surface area contributed by atoms with Crippen LogP contribution in [0.15, 0.2) is 18.2 Å². The third-order valence-electron chi connectivity index (χ3n) is 4.27. The van der Waals surface area contributed by atoms with Crippen molar-refractivity contribution in [2.45, 2.75) is 32.6 Å². The fraction of sp³-hybridized carbons (Fsp3) is 0.562. The van der Waals surface area contributed by atoms with Gasteiger partial charge in [-0.15, -0.1) is 0 Å². The van der Waals surface area contributed by atoms with Crippen molar-refractivity contribution in [3.8, 4) is 0 Å². The first-order valence-electron chi connectivity index (χ1n) is 7.54. The van der Waals surface area contributed by atoms with Gasteiger partial charge in [-0.3, -0.25) is 10.6 Å². The Bertz CT molecular complexity index is 492. The molecule has 1 aromatic carbocycles. The van der Waals surface area contributed by atoms with Crippen LogP contribution in [0, 0.1) is 18.8 Å². The van der Waals surface area contributed by atoms with E-state index in [1.807, 2.05) is 25.1 Å². The maximum Gasteiger partial charge on any atom is 0.253 e. The summed E-state index contributed by atoms with van der Waals surface area (Å²) in [6, 6.07) is 5.69. The van der Waals surface area contributed by atoms with Crippen LogP contribution < -0.4 is 11.3 Å². The Morgan fingerprint density at radius 3 is 2.30 bits per heavy atom. The summed E-state index contributed by atoms with van der Waals surface area (Å²) in [5.74, 6) is 7.10. The predicted molar refractivity (Wildman–Crippen MR) is 80.3 cm³/mol. The Morgan fingerprint density at radius 1 is 1.25 bits per heavy atom. The highest BCUT2D eigenvalue weighted by Crippen LogP contribution is 2.34. The summed E-state index contributed by atoms with van der Waals surface area (Å²) in [5.41, 5.74) is 5.31. The Balaban J connectivity index is 1.74. The van der Waals surface area contributed by atoms with E-state index in [0.717, 1.165) is 41.7 Å². The number of nitrogens with zero attached hydrogens (tertiary/aromatic N) is 1. The molecule has 2 aliphatic rings. The number of amides is 1. The molecule has 0 aromatic heterocycles. The smallest absolute Gasteiger partial charge is 0.253 e. The number of nitrogens with two attached hydrogens (primary N) is 1. The fourth-order valence-corrected chi connectivity index (χ4v) is 2.61. The summed E-state index contributed by atoms with van der Waals surface area (Å²) in [7, 11) is 0. The molecule has 0 aliphatic heterocycles. The Kier molecular flexibility index (Phi) is 3.66. The van der Waals surface area contributed by atoms with Gasteiger partial charge in [-0.1, -0.05) is 0 Å². The molecule has 0 atom stereocenters. The van der Waals surface area contributed by atoms with Crippen molar-refractivity contribution >= 4 is 11.6 Å². The fourth-order valence-electron chi connectivity index (χ4n) is 2.61. The van der Waals surface area contributed by atoms with Gasteiger partial charge in [-0.2, -0.15) is 0 Å². The number of hydrogen-bond acceptors (Lipinski definition) is 3. The summed E-state index contributed by atoms with van der Waals surface area (Å²) < 4.78 is 0. The maximum atomic E-state index is 12.7. The van der Waals surface area contributed by atoms with Crippen molar-refractivity contribution in [3.63, 3.8) is 0 Å². The van der Waals surface area contributed by atoms with Gasteiger partial charge < -0.3 is 10.3 Å². The number of nitrogens with one attached hydrogen (secondary N) is 1. The van der Waals surface area contributed by atoms with Crippen molar-refractivity contribution in [2.24, 2.45) is 17.7 Å². The molecule has 0 spiro atoms. The van der Waals surface area contributed by atoms with Crippen LogP contribution in [0.4, 0.5) is 5.69 Å². The second-order valence-corrected chi connectivity index (χ2v) is 6.27. The first kappa shape index (κ1) is 13.4. The zero-order chi connectivity index (χ0) is 14.1. The van der Waals surface area contributed by atoms with E-state index in [0.29, 0.717) is 0 Å². The lowest BCUT2D eigenvalue weighted by Crippen LogP contribution is -2.34. The molecule has 4 heteroatoms. The van der Waals surface area contributed by atoms with Gasteiger partial charge in [0.2, 0.25) is 0 Å². The maximum absolute atomic E-state index is 12.7. The molecule has 3 N–H and O–H groups in total. The SMILES string of the molecule is Cc1cc(C(=O)N(CC2CC2)CC2CC2)ccc1NN. The van der Waals surface area contributed by atoms with Crippen LogP contribution in [0.2, 0.25) is 0 Å². The molecule has 1 amide bonds. The number of anilines is 1. The molecule has 2 saturated carbocycles. The van der Waals surface area contributed by atoms with Gasteiger partial charge >= 0.3 is 0 Å². The largest absolute Gasteiger partial charge is 0.338 e. The number of hydrogen-bond donors (Lipinski definition) is 2. The number of benzene rings is 1. The molecular formula is C16H23N3O. The molecule has 4 nitrogen and oxygen atoms in total. The monoisotopic (exact) mass is 273 g/mol. The summed E-state index contributed by atoms with van der Waals surface area (Å²) >= 11 is 0. The van der Waals surface area contributed by atoms with E-state index in [4.69, 9.17) is 5.84 Å². The molecule has 0 heterocycles. The van der Waals surface area contributed by atoms with Gasteiger partial charge in [0, 0.05) is 18.7 Å². The molecule has 20 heavy (non-hydrogen) atoms. The topological polar surface area (TPSA) is 58.4 Å². The highest BCUT2D eigenvalue weighted by atomic mass is 16.2. The van der Waals surface area contributed by atoms with Crippen molar-refractivity contribution in [3.05, 3.63) is 29.3 Å². The lowest BCUT2D eigenvalue weighted by atomic mass is 10.1. The average Bonchev–Trinajstić information content (AvgIpc) is 3.32. The molecule has 2 aliphatic carbocycles. The minimum atomic E-state index is 0.176. The summed E-state index contributed by atoms with van der Waals surface area (Å²) in [4.78, 5) is 14.8. The highest BCUT2D eigenvalue weighted by molar-refractivity contribution is 5.95. The molecule has 0 radical (unpaired) electrons. The minimum absolute atomic E-state index is 0.176. The quantitative estimate of drug-likeness (QED) is 0.618. The van der Waals surface area contributed by atoms with Gasteiger partial charge in [0.25, 0.3) is 5.91 Å². The van der Waals surface area contributed by atoms with E-state index in [2.05, 4.69) is 10.3 Å². The third-order valence-corrected chi connectivity index (χ3v) is 4.27. The van der Waals surface area contributed by atoms with Crippen molar-refractivity contribution in [2.75, 3.05) is 18.5 Å². The Morgan fingerprint density at radius 2 is 1.85 bits per heavy atom. The number of carbonyl (C=O) groups is 1. The van der Waals surface area contributed by atoms with Crippen LogP contribution in [-0.2, 0) is 0 Å². The number of aryl methyl sites for hydroxylation is 1. The molecule has 0 bridgehead atoms. The number of carbonyl (C=O) groups excluding carboxylic acids is 1. The van der Waals surface area contributed by atoms with Gasteiger partial charge in [0.1, 0.15) is 0 Å². The van der Waals surface area contributed by atoms with Gasteiger partial charge in [0.05, 0.1) is 5.69 Å². The van der Waals surface area contributed by atoms with E-state index < -0.39 is 0 Å². The molecule has 2 fully saturated rings. The van der Waals surface area contributed by atoms with E-state index in [1.165, 1.54) is 25.7 Å². The Labute approximate surface area is 120 Å². The van der Waals surface area contributed by atoms with Gasteiger partial charge in [-0.05, 0) is 68.2 Å². The summed E-state index contributed by atoms with van der Waals surface area (Å²) in [6.07, 6.45) is 5.13. The van der Waals surface area contributed by atoms with Crippen molar-refractivity contribution in [1.82, 2.24) is 4.90 Å². The van der Waals surface area contributed by atoms with E-state index in [9.17, 15) is 4.79 Å². The second kappa shape index (κ2) is 5.44. The van der Waals surface area contributed by atoms with Crippen LogP contribution in [0.1, 0.15) is 41.6 Å². The number of hydrazine groups is 1. The zero-order valence-electron chi connectivity index (χ0n) is 12.1. The summed E-state index contributed by atoms with van der Waals surface area (Å²) in [5, 5.41) is 0. The zero-order valence-corrected chi connectivity index (χ0v) is 12.1. The second-order valence-electron chi connectivity index (χ2n) is 6.27. The highest BCUT2D eigenvalue weighted by Gasteiger charge is 2.31. The van der Waals surface area contributed by atoms with E-state index in [1.54, 1.807) is 0 Å². The first-order valence-corrected chi connectivity index (χ1v) is 7.54. The van der Waals surface area contributed by atoms with Crippen LogP contribution in [-0.4, -0.2) is 23.9 Å². The van der Waals surface area contributed by atoms with Gasteiger partial charge in [-0.25, -0.2) is 0 Å². The summed E-state index contributed by atoms with van der Waals surface area (Å²) in [6.45, 7) is 3.84. The number of nitrogen functional groups attached to an aromatic ring is 1. The lowest BCUT2D eigenvalue weighted by molar-refractivity contribution is 0.0739. The molecular weight excluding hydrogens is 250 g/mol.